The van der Waals surface area contributed by atoms with E-state index in [4.69, 9.17) is 4.74 Å². The van der Waals surface area contributed by atoms with E-state index < -0.39 is 11.8 Å². The first-order chi connectivity index (χ1) is 13.1. The van der Waals surface area contributed by atoms with Crippen LogP contribution in [0.1, 0.15) is 18.4 Å². The Labute approximate surface area is 163 Å². The molecule has 0 spiro atoms. The lowest BCUT2D eigenvalue weighted by Gasteiger charge is -2.36. The minimum atomic E-state index is -0.646. The molecule has 0 atom stereocenters. The molecule has 1 saturated heterocycles. The molecule has 5 nitrogen and oxygen atoms in total. The van der Waals surface area contributed by atoms with Crippen molar-refractivity contribution in [2.75, 3.05) is 25.1 Å². The van der Waals surface area contributed by atoms with Gasteiger partial charge in [-0.3, -0.25) is 9.59 Å². The number of ether oxygens (including phenoxy) is 1. The Hall–Kier alpha value is -2.31. The molecule has 27 heavy (non-hydrogen) atoms. The minimum Gasteiger partial charge on any atom is -0.381 e. The molecule has 6 heteroatoms. The van der Waals surface area contributed by atoms with Crippen LogP contribution in [-0.2, 0) is 14.3 Å². The van der Waals surface area contributed by atoms with Gasteiger partial charge in [-0.2, -0.15) is 0 Å². The molecule has 0 bridgehead atoms. The third kappa shape index (κ3) is 5.58. The third-order valence-corrected chi connectivity index (χ3v) is 6.03. The second-order valence-corrected chi connectivity index (χ2v) is 8.26. The number of anilines is 1. The van der Waals surface area contributed by atoms with Gasteiger partial charge in [-0.05, 0) is 49.6 Å². The fourth-order valence-corrected chi connectivity index (χ4v) is 4.34. The summed E-state index contributed by atoms with van der Waals surface area (Å²) >= 11 is 1.75. The van der Waals surface area contributed by atoms with Crippen molar-refractivity contribution in [3.8, 4) is 0 Å². The van der Waals surface area contributed by atoms with Crippen LogP contribution in [0.3, 0.4) is 0 Å². The maximum Gasteiger partial charge on any atom is 0.313 e. The van der Waals surface area contributed by atoms with E-state index in [0.717, 1.165) is 23.3 Å². The number of carbonyl (C=O) groups excluding carboxylic acids is 2. The monoisotopic (exact) mass is 384 g/mol. The number of hydrogen-bond acceptors (Lipinski definition) is 4. The standard InChI is InChI=1S/C21H24N2O3S/c1-16-6-5-7-17(14-16)23-20(25)19(24)22-15-21(10-12-26-13-11-21)27-18-8-3-2-4-9-18/h2-9,14H,10-13,15H2,1H3,(H,22,24)(H,23,25). The van der Waals surface area contributed by atoms with Gasteiger partial charge in [0.05, 0.1) is 0 Å². The Kier molecular flexibility index (Phi) is 6.53. The van der Waals surface area contributed by atoms with E-state index in [0.29, 0.717) is 25.4 Å². The second-order valence-electron chi connectivity index (χ2n) is 6.72. The van der Waals surface area contributed by atoms with Gasteiger partial charge < -0.3 is 15.4 Å². The molecule has 0 aliphatic carbocycles. The molecule has 1 aliphatic heterocycles. The Bertz CT molecular complexity index is 789. The van der Waals surface area contributed by atoms with Crippen LogP contribution in [0.4, 0.5) is 5.69 Å². The summed E-state index contributed by atoms with van der Waals surface area (Å²) in [6, 6.07) is 17.5. The summed E-state index contributed by atoms with van der Waals surface area (Å²) in [5.74, 6) is -1.26. The maximum absolute atomic E-state index is 12.3. The summed E-state index contributed by atoms with van der Waals surface area (Å²) in [7, 11) is 0. The Morgan fingerprint density at radius 2 is 1.78 bits per heavy atom. The number of rotatable bonds is 5. The van der Waals surface area contributed by atoms with E-state index in [1.165, 1.54) is 0 Å². The smallest absolute Gasteiger partial charge is 0.313 e. The highest BCUT2D eigenvalue weighted by molar-refractivity contribution is 8.00. The van der Waals surface area contributed by atoms with Gasteiger partial charge >= 0.3 is 11.8 Å². The van der Waals surface area contributed by atoms with Crippen molar-refractivity contribution in [1.82, 2.24) is 5.32 Å². The minimum absolute atomic E-state index is 0.168. The molecular formula is C21H24N2O3S. The van der Waals surface area contributed by atoms with E-state index in [2.05, 4.69) is 22.8 Å². The number of benzene rings is 2. The molecule has 0 saturated carbocycles. The van der Waals surface area contributed by atoms with E-state index >= 15 is 0 Å². The molecule has 1 heterocycles. The zero-order chi connectivity index (χ0) is 19.1. The molecule has 3 rings (SSSR count). The molecular weight excluding hydrogens is 360 g/mol. The van der Waals surface area contributed by atoms with E-state index in [9.17, 15) is 9.59 Å². The fourth-order valence-electron chi connectivity index (χ4n) is 3.03. The first kappa shape index (κ1) is 19.5. The normalized spacial score (nSPS) is 15.7. The lowest BCUT2D eigenvalue weighted by molar-refractivity contribution is -0.136. The van der Waals surface area contributed by atoms with Gasteiger partial charge in [-0.15, -0.1) is 11.8 Å². The first-order valence-corrected chi connectivity index (χ1v) is 9.86. The summed E-state index contributed by atoms with van der Waals surface area (Å²) < 4.78 is 5.33. The molecule has 2 aromatic rings. The van der Waals surface area contributed by atoms with Crippen LogP contribution < -0.4 is 10.6 Å². The van der Waals surface area contributed by atoms with Crippen molar-refractivity contribution in [1.29, 1.82) is 0 Å². The summed E-state index contributed by atoms with van der Waals surface area (Å²) in [5, 5.41) is 5.47. The molecule has 142 valence electrons. The summed E-state index contributed by atoms with van der Waals surface area (Å²) in [5.41, 5.74) is 1.64. The van der Waals surface area contributed by atoms with Crippen molar-refractivity contribution >= 4 is 29.3 Å². The molecule has 0 unspecified atom stereocenters. The van der Waals surface area contributed by atoms with Gasteiger partial charge in [0.15, 0.2) is 0 Å². The van der Waals surface area contributed by atoms with Crippen molar-refractivity contribution in [2.24, 2.45) is 0 Å². The van der Waals surface area contributed by atoms with E-state index in [-0.39, 0.29) is 4.75 Å². The lowest BCUT2D eigenvalue weighted by atomic mass is 9.99. The second kappa shape index (κ2) is 9.06. The largest absolute Gasteiger partial charge is 0.381 e. The Morgan fingerprint density at radius 1 is 1.04 bits per heavy atom. The Morgan fingerprint density at radius 3 is 2.48 bits per heavy atom. The highest BCUT2D eigenvalue weighted by atomic mass is 32.2. The van der Waals surface area contributed by atoms with E-state index in [1.54, 1.807) is 17.8 Å². The lowest BCUT2D eigenvalue weighted by Crippen LogP contribution is -2.47. The Balaban J connectivity index is 1.60. The first-order valence-electron chi connectivity index (χ1n) is 9.04. The van der Waals surface area contributed by atoms with Gasteiger partial charge in [-0.25, -0.2) is 0 Å². The maximum atomic E-state index is 12.3. The van der Waals surface area contributed by atoms with Gasteiger partial charge in [0, 0.05) is 35.1 Å². The zero-order valence-corrected chi connectivity index (χ0v) is 16.2. The van der Waals surface area contributed by atoms with Gasteiger partial charge in [-0.1, -0.05) is 30.3 Å². The van der Waals surface area contributed by atoms with Gasteiger partial charge in [0.25, 0.3) is 0 Å². The van der Waals surface area contributed by atoms with Crippen LogP contribution in [-0.4, -0.2) is 36.3 Å². The summed E-state index contributed by atoms with van der Waals surface area (Å²) in [6.07, 6.45) is 1.65. The molecule has 1 aliphatic rings. The van der Waals surface area contributed by atoms with Crippen LogP contribution in [0.25, 0.3) is 0 Å². The van der Waals surface area contributed by atoms with Gasteiger partial charge in [0.2, 0.25) is 0 Å². The number of nitrogens with one attached hydrogen (secondary N) is 2. The van der Waals surface area contributed by atoms with Crippen LogP contribution in [0.15, 0.2) is 59.5 Å². The average molecular weight is 385 g/mol. The molecule has 0 radical (unpaired) electrons. The summed E-state index contributed by atoms with van der Waals surface area (Å²) in [6.45, 7) is 3.68. The number of amides is 2. The topological polar surface area (TPSA) is 67.4 Å². The highest BCUT2D eigenvalue weighted by Gasteiger charge is 2.34. The van der Waals surface area contributed by atoms with E-state index in [1.807, 2.05) is 43.3 Å². The average Bonchev–Trinajstić information content (AvgIpc) is 2.68. The van der Waals surface area contributed by atoms with Crippen molar-refractivity contribution in [3.63, 3.8) is 0 Å². The van der Waals surface area contributed by atoms with Gasteiger partial charge in [0.1, 0.15) is 0 Å². The number of thioether (sulfide) groups is 1. The zero-order valence-electron chi connectivity index (χ0n) is 15.4. The predicted molar refractivity (Wildman–Crippen MR) is 108 cm³/mol. The molecule has 2 aromatic carbocycles. The fraction of sp³-hybridized carbons (Fsp3) is 0.333. The molecule has 1 fully saturated rings. The van der Waals surface area contributed by atoms with Crippen LogP contribution in [0.2, 0.25) is 0 Å². The molecule has 2 amide bonds. The third-order valence-electron chi connectivity index (χ3n) is 4.53. The number of carbonyl (C=O) groups is 2. The van der Waals surface area contributed by atoms with Crippen LogP contribution in [0.5, 0.6) is 0 Å². The SMILES string of the molecule is Cc1cccc(NC(=O)C(=O)NCC2(Sc3ccccc3)CCOCC2)c1. The van der Waals surface area contributed by atoms with Crippen molar-refractivity contribution in [2.45, 2.75) is 29.4 Å². The van der Waals surface area contributed by atoms with Crippen LogP contribution in [0, 0.1) is 6.92 Å². The summed E-state index contributed by atoms with van der Waals surface area (Å²) in [4.78, 5) is 25.7. The highest BCUT2D eigenvalue weighted by Crippen LogP contribution is 2.40. The van der Waals surface area contributed by atoms with Crippen molar-refractivity contribution in [3.05, 3.63) is 60.2 Å². The predicted octanol–water partition coefficient (Wildman–Crippen LogP) is 3.39. The number of hydrogen-bond donors (Lipinski definition) is 2. The number of aryl methyl sites for hydroxylation is 1. The van der Waals surface area contributed by atoms with Crippen molar-refractivity contribution < 1.29 is 14.3 Å². The molecule has 2 N–H and O–H groups in total. The molecule has 0 aromatic heterocycles. The quantitative estimate of drug-likeness (QED) is 0.776. The van der Waals surface area contributed by atoms with Crippen LogP contribution >= 0.6 is 11.8 Å².